The molecule has 0 N–H and O–H groups in total. The molecule has 1 aliphatic heterocycles. The number of nitrogens with zero attached hydrogens (tertiary/aromatic N) is 2. The zero-order valence-corrected chi connectivity index (χ0v) is 7.12. The van der Waals surface area contributed by atoms with Gasteiger partial charge in [-0.3, -0.25) is 4.90 Å². The summed E-state index contributed by atoms with van der Waals surface area (Å²) in [6.07, 6.45) is 2.15. The summed E-state index contributed by atoms with van der Waals surface area (Å²) in [6, 6.07) is 4.98. The second-order valence-corrected chi connectivity index (χ2v) is 3.45. The highest BCUT2D eigenvalue weighted by Gasteiger charge is 2.18. The van der Waals surface area contributed by atoms with E-state index >= 15 is 0 Å². The number of fused-ring (bicyclic) bond motifs is 1. The van der Waals surface area contributed by atoms with Gasteiger partial charge in [0, 0.05) is 24.5 Å². The average Bonchev–Trinajstić information content (AvgIpc) is 2.40. The first-order valence-corrected chi connectivity index (χ1v) is 4.15. The largest absolute Gasteiger partial charge is 0.337 e. The summed E-state index contributed by atoms with van der Waals surface area (Å²) in [5, 5.41) is 0. The van der Waals surface area contributed by atoms with Crippen LogP contribution < -0.4 is 0 Å². The van der Waals surface area contributed by atoms with Crippen molar-refractivity contribution in [2.24, 2.45) is 0 Å². The lowest BCUT2D eigenvalue weighted by molar-refractivity contribution is 0.204. The lowest BCUT2D eigenvalue weighted by Gasteiger charge is -2.18. The average molecular weight is 150 g/mol. The first-order chi connectivity index (χ1) is 5.27. The van der Waals surface area contributed by atoms with Crippen LogP contribution in [0.2, 0.25) is 0 Å². The highest BCUT2D eigenvalue weighted by Crippen LogP contribution is 2.17. The quantitative estimate of drug-likeness (QED) is 0.591. The van der Waals surface area contributed by atoms with Crippen LogP contribution in [0.5, 0.6) is 0 Å². The Morgan fingerprint density at radius 2 is 2.27 bits per heavy atom. The zero-order chi connectivity index (χ0) is 7.84. The Morgan fingerprint density at radius 3 is 2.91 bits per heavy atom. The van der Waals surface area contributed by atoms with Gasteiger partial charge in [0.1, 0.15) is 0 Å². The van der Waals surface area contributed by atoms with Crippen molar-refractivity contribution in [1.82, 2.24) is 9.47 Å². The summed E-state index contributed by atoms with van der Waals surface area (Å²) in [4.78, 5) is 2.45. The van der Waals surface area contributed by atoms with Gasteiger partial charge in [0.25, 0.3) is 0 Å². The normalized spacial score (nSPS) is 17.7. The van der Waals surface area contributed by atoms with Crippen LogP contribution in [0, 0.1) is 0 Å². The van der Waals surface area contributed by atoms with Crippen LogP contribution >= 0.6 is 0 Å². The van der Waals surface area contributed by atoms with Crippen molar-refractivity contribution in [1.29, 1.82) is 0 Å². The van der Waals surface area contributed by atoms with Gasteiger partial charge in [0.05, 0.1) is 6.67 Å². The molecule has 60 valence electrons. The van der Waals surface area contributed by atoms with Gasteiger partial charge in [-0.25, -0.2) is 0 Å². The Morgan fingerprint density at radius 1 is 1.45 bits per heavy atom. The smallest absolute Gasteiger partial charge is 0.0753 e. The molecule has 0 atom stereocenters. The molecular formula is C9H14N2. The number of hydrogen-bond acceptors (Lipinski definition) is 1. The Balaban J connectivity index is 2.16. The van der Waals surface area contributed by atoms with E-state index in [1.807, 2.05) is 0 Å². The van der Waals surface area contributed by atoms with Gasteiger partial charge in [-0.1, -0.05) is 0 Å². The third kappa shape index (κ3) is 1.07. The first-order valence-electron chi connectivity index (χ1n) is 4.15. The van der Waals surface area contributed by atoms with E-state index in [9.17, 15) is 0 Å². The lowest BCUT2D eigenvalue weighted by atomic mass is 10.3. The van der Waals surface area contributed by atoms with Crippen LogP contribution in [0.3, 0.4) is 0 Å². The summed E-state index contributed by atoms with van der Waals surface area (Å²) in [5.41, 5.74) is 1.44. The van der Waals surface area contributed by atoms with E-state index in [4.69, 9.17) is 0 Å². The van der Waals surface area contributed by atoms with Crippen molar-refractivity contribution in [3.63, 3.8) is 0 Å². The molecule has 1 aliphatic rings. The Bertz CT molecular complexity index is 229. The molecule has 0 bridgehead atoms. The minimum atomic E-state index is 0.662. The fourth-order valence-corrected chi connectivity index (χ4v) is 1.53. The molecular weight excluding hydrogens is 136 g/mol. The monoisotopic (exact) mass is 150 g/mol. The van der Waals surface area contributed by atoms with Crippen LogP contribution in [0.25, 0.3) is 0 Å². The second kappa shape index (κ2) is 2.38. The van der Waals surface area contributed by atoms with Gasteiger partial charge in [0.2, 0.25) is 0 Å². The van der Waals surface area contributed by atoms with Crippen LogP contribution in [-0.4, -0.2) is 15.5 Å². The van der Waals surface area contributed by atoms with Crippen LogP contribution in [-0.2, 0) is 13.2 Å². The molecule has 0 saturated heterocycles. The Hall–Kier alpha value is -0.760. The van der Waals surface area contributed by atoms with Crippen molar-refractivity contribution >= 4 is 0 Å². The van der Waals surface area contributed by atoms with E-state index in [0.717, 1.165) is 13.2 Å². The lowest BCUT2D eigenvalue weighted by Crippen LogP contribution is -2.25. The first kappa shape index (κ1) is 6.92. The van der Waals surface area contributed by atoms with E-state index in [1.165, 1.54) is 5.69 Å². The third-order valence-corrected chi connectivity index (χ3v) is 2.35. The van der Waals surface area contributed by atoms with Crippen molar-refractivity contribution < 1.29 is 0 Å². The fourth-order valence-electron chi connectivity index (χ4n) is 1.53. The highest BCUT2D eigenvalue weighted by atomic mass is 15.3. The Kier molecular flexibility index (Phi) is 1.50. The summed E-state index contributed by atoms with van der Waals surface area (Å²) in [6.45, 7) is 6.67. The van der Waals surface area contributed by atoms with Crippen molar-refractivity contribution in [2.45, 2.75) is 33.1 Å². The molecule has 1 aromatic heterocycles. The van der Waals surface area contributed by atoms with Crippen molar-refractivity contribution in [2.75, 3.05) is 0 Å². The molecule has 0 aliphatic carbocycles. The maximum Gasteiger partial charge on any atom is 0.0753 e. The summed E-state index contributed by atoms with van der Waals surface area (Å²) < 4.78 is 2.31. The maximum absolute atomic E-state index is 2.45. The summed E-state index contributed by atoms with van der Waals surface area (Å²) in [5.74, 6) is 0. The Labute approximate surface area is 67.4 Å². The van der Waals surface area contributed by atoms with Crippen LogP contribution in [0.4, 0.5) is 0 Å². The van der Waals surface area contributed by atoms with E-state index in [0.29, 0.717) is 6.04 Å². The summed E-state index contributed by atoms with van der Waals surface area (Å²) >= 11 is 0. The van der Waals surface area contributed by atoms with Crippen molar-refractivity contribution in [3.05, 3.63) is 24.0 Å². The van der Waals surface area contributed by atoms with Gasteiger partial charge < -0.3 is 4.57 Å². The van der Waals surface area contributed by atoms with Gasteiger partial charge >= 0.3 is 0 Å². The predicted octanol–water partition coefficient (Wildman–Crippen LogP) is 1.67. The SMILES string of the molecule is CC(C)N1Cc2cccn2C1. The fraction of sp³-hybridized carbons (Fsp3) is 0.556. The van der Waals surface area contributed by atoms with Crippen LogP contribution in [0.15, 0.2) is 18.3 Å². The number of aromatic nitrogens is 1. The summed E-state index contributed by atoms with van der Waals surface area (Å²) in [7, 11) is 0. The van der Waals surface area contributed by atoms with E-state index in [-0.39, 0.29) is 0 Å². The molecule has 0 aromatic carbocycles. The molecule has 2 rings (SSSR count). The molecule has 0 fully saturated rings. The van der Waals surface area contributed by atoms with Gasteiger partial charge in [-0.15, -0.1) is 0 Å². The predicted molar refractivity (Wildman–Crippen MR) is 45.1 cm³/mol. The third-order valence-electron chi connectivity index (χ3n) is 2.35. The zero-order valence-electron chi connectivity index (χ0n) is 7.12. The van der Waals surface area contributed by atoms with E-state index in [1.54, 1.807) is 0 Å². The number of rotatable bonds is 1. The van der Waals surface area contributed by atoms with Gasteiger partial charge in [-0.2, -0.15) is 0 Å². The van der Waals surface area contributed by atoms with Gasteiger partial charge in [-0.05, 0) is 26.0 Å². The molecule has 11 heavy (non-hydrogen) atoms. The molecule has 2 heteroatoms. The molecule has 2 nitrogen and oxygen atoms in total. The van der Waals surface area contributed by atoms with Gasteiger partial charge in [0.15, 0.2) is 0 Å². The minimum absolute atomic E-state index is 0.662. The molecule has 0 spiro atoms. The number of hydrogen-bond donors (Lipinski definition) is 0. The molecule has 0 unspecified atom stereocenters. The molecule has 0 radical (unpaired) electrons. The topological polar surface area (TPSA) is 8.17 Å². The molecule has 2 heterocycles. The van der Waals surface area contributed by atoms with Crippen LogP contribution in [0.1, 0.15) is 19.5 Å². The maximum atomic E-state index is 2.45. The molecule has 0 saturated carbocycles. The van der Waals surface area contributed by atoms with Crippen molar-refractivity contribution in [3.8, 4) is 0 Å². The molecule has 1 aromatic rings. The standard InChI is InChI=1S/C9H14N2/c1-8(2)11-6-9-4-3-5-10(9)7-11/h3-5,8H,6-7H2,1-2H3. The molecule has 0 amide bonds. The highest BCUT2D eigenvalue weighted by molar-refractivity contribution is 5.09. The minimum Gasteiger partial charge on any atom is -0.337 e. The van der Waals surface area contributed by atoms with E-state index < -0.39 is 0 Å². The second-order valence-electron chi connectivity index (χ2n) is 3.45. The van der Waals surface area contributed by atoms with E-state index in [2.05, 4.69) is 41.6 Å².